The number of phenols is 1. The molecule has 1 unspecified atom stereocenters. The molecule has 3 aromatic rings. The minimum Gasteiger partial charge on any atom is -0.506 e. The van der Waals surface area contributed by atoms with Crippen molar-refractivity contribution < 1.29 is 19.6 Å². The lowest BCUT2D eigenvalue weighted by Gasteiger charge is -2.24. The molecular weight excluding hydrogens is 400 g/mol. The molecule has 4 rings (SSSR count). The maximum Gasteiger partial charge on any atom is 0.294 e. The summed E-state index contributed by atoms with van der Waals surface area (Å²) in [4.78, 5) is 37.8. The molecule has 0 radical (unpaired) electrons. The van der Waals surface area contributed by atoms with Gasteiger partial charge in [-0.15, -0.1) is 0 Å². The summed E-state index contributed by atoms with van der Waals surface area (Å²) < 4.78 is 0. The quantitative estimate of drug-likeness (QED) is 0.430. The summed E-state index contributed by atoms with van der Waals surface area (Å²) in [6.45, 7) is 0.370. The molecule has 1 aliphatic heterocycles. The van der Waals surface area contributed by atoms with E-state index in [9.17, 15) is 24.8 Å². The zero-order chi connectivity index (χ0) is 22.0. The second-order valence-corrected chi connectivity index (χ2v) is 7.23. The lowest BCUT2D eigenvalue weighted by molar-refractivity contribution is -0.384. The first-order chi connectivity index (χ1) is 15.0. The number of anilines is 1. The lowest BCUT2D eigenvalue weighted by atomic mass is 10.0. The molecule has 3 N–H and O–H groups in total. The van der Waals surface area contributed by atoms with Crippen LogP contribution in [0.4, 0.5) is 11.4 Å². The molecule has 0 aromatic heterocycles. The maximum absolute atomic E-state index is 13.1. The molecule has 9 nitrogen and oxygen atoms in total. The minimum atomic E-state index is -0.756. The van der Waals surface area contributed by atoms with Gasteiger partial charge in [-0.3, -0.25) is 30.6 Å². The van der Waals surface area contributed by atoms with Gasteiger partial charge in [0.15, 0.2) is 0 Å². The number of benzene rings is 3. The molecule has 1 aliphatic rings. The number of phenolic OH excluding ortho intramolecular Hbond substituents is 1. The van der Waals surface area contributed by atoms with E-state index in [1.807, 2.05) is 12.1 Å². The molecule has 0 bridgehead atoms. The number of hydrogen-bond donors (Lipinski definition) is 3. The summed E-state index contributed by atoms with van der Waals surface area (Å²) in [5.74, 6) is -1.04. The Labute approximate surface area is 177 Å². The van der Waals surface area contributed by atoms with Gasteiger partial charge in [0.05, 0.1) is 10.5 Å². The Hall–Kier alpha value is -4.14. The Bertz CT molecular complexity index is 1180. The van der Waals surface area contributed by atoms with Gasteiger partial charge in [-0.1, -0.05) is 42.5 Å². The number of nitrogens with one attached hydrogen (secondary N) is 2. The number of nitro benzene ring substituents is 1. The second kappa shape index (κ2) is 8.31. The van der Waals surface area contributed by atoms with Crippen LogP contribution in [0.5, 0.6) is 5.75 Å². The van der Waals surface area contributed by atoms with E-state index in [4.69, 9.17) is 0 Å². The van der Waals surface area contributed by atoms with E-state index >= 15 is 0 Å². The van der Waals surface area contributed by atoms with Crippen LogP contribution in [0.1, 0.15) is 23.2 Å². The van der Waals surface area contributed by atoms with Crippen molar-refractivity contribution in [2.45, 2.75) is 18.9 Å². The van der Waals surface area contributed by atoms with Gasteiger partial charge >= 0.3 is 0 Å². The summed E-state index contributed by atoms with van der Waals surface area (Å²) in [6.07, 6.45) is 1.08. The monoisotopic (exact) mass is 420 g/mol. The molecule has 9 heteroatoms. The van der Waals surface area contributed by atoms with E-state index in [2.05, 4.69) is 10.9 Å². The topological polar surface area (TPSA) is 125 Å². The summed E-state index contributed by atoms with van der Waals surface area (Å²) in [7, 11) is 0. The Morgan fingerprint density at radius 2 is 1.81 bits per heavy atom. The number of hydrazine groups is 1. The smallest absolute Gasteiger partial charge is 0.294 e. The Morgan fingerprint density at radius 3 is 2.61 bits per heavy atom. The van der Waals surface area contributed by atoms with Crippen molar-refractivity contribution in [2.75, 3.05) is 12.0 Å². The van der Waals surface area contributed by atoms with E-state index in [0.29, 0.717) is 24.8 Å². The highest BCUT2D eigenvalue weighted by Gasteiger charge is 2.35. The van der Waals surface area contributed by atoms with Crippen molar-refractivity contribution in [3.8, 4) is 5.75 Å². The zero-order valence-electron chi connectivity index (χ0n) is 16.4. The van der Waals surface area contributed by atoms with Crippen LogP contribution < -0.4 is 10.9 Å². The third-order valence-corrected chi connectivity index (χ3v) is 5.37. The molecule has 0 spiro atoms. The van der Waals surface area contributed by atoms with E-state index < -0.39 is 22.8 Å². The SMILES string of the molecule is O=C(NNc1ccccc1[N+](=O)[O-])C1CCCN1C(=O)c1ccc2ccccc2c1O. The van der Waals surface area contributed by atoms with Gasteiger partial charge in [-0.2, -0.15) is 0 Å². The number of aromatic hydroxyl groups is 1. The number of fused-ring (bicyclic) bond motifs is 1. The van der Waals surface area contributed by atoms with Gasteiger partial charge in [-0.05, 0) is 30.4 Å². The van der Waals surface area contributed by atoms with Crippen molar-refractivity contribution >= 4 is 34.0 Å². The van der Waals surface area contributed by atoms with Crippen LogP contribution in [0, 0.1) is 10.1 Å². The van der Waals surface area contributed by atoms with Crippen LogP contribution in [0.15, 0.2) is 60.7 Å². The fraction of sp³-hybridized carbons (Fsp3) is 0.182. The van der Waals surface area contributed by atoms with Gasteiger partial charge in [0.2, 0.25) is 0 Å². The summed E-state index contributed by atoms with van der Waals surface area (Å²) in [5.41, 5.74) is 5.14. The maximum atomic E-state index is 13.1. The lowest BCUT2D eigenvalue weighted by Crippen LogP contribution is -2.47. The average molecular weight is 420 g/mol. The fourth-order valence-electron chi connectivity index (χ4n) is 3.82. The van der Waals surface area contributed by atoms with E-state index in [1.165, 1.54) is 23.1 Å². The Kier molecular flexibility index (Phi) is 5.40. The number of rotatable bonds is 5. The van der Waals surface area contributed by atoms with Gasteiger partial charge < -0.3 is 10.0 Å². The predicted molar refractivity (Wildman–Crippen MR) is 115 cm³/mol. The van der Waals surface area contributed by atoms with Crippen LogP contribution in [-0.2, 0) is 4.79 Å². The van der Waals surface area contributed by atoms with Gasteiger partial charge in [-0.25, -0.2) is 0 Å². The fourth-order valence-corrected chi connectivity index (χ4v) is 3.82. The standard InChI is InChI=1S/C22H20N4O5/c27-20-15-7-2-1-6-14(15)11-12-16(20)22(29)25-13-5-10-19(25)21(28)24-23-17-8-3-4-9-18(17)26(30)31/h1-4,6-9,11-12,19,23,27H,5,10,13H2,(H,24,28). The minimum absolute atomic E-state index is 0.118. The third-order valence-electron chi connectivity index (χ3n) is 5.37. The Morgan fingerprint density at radius 1 is 1.06 bits per heavy atom. The molecule has 31 heavy (non-hydrogen) atoms. The number of carbonyl (C=O) groups is 2. The average Bonchev–Trinajstić information content (AvgIpc) is 3.28. The highest BCUT2D eigenvalue weighted by atomic mass is 16.6. The normalized spacial score (nSPS) is 15.6. The first kappa shape index (κ1) is 20.1. The first-order valence-electron chi connectivity index (χ1n) is 9.78. The van der Waals surface area contributed by atoms with Gasteiger partial charge in [0, 0.05) is 18.0 Å². The molecule has 1 heterocycles. The number of carbonyl (C=O) groups excluding carboxylic acids is 2. The van der Waals surface area contributed by atoms with Crippen LogP contribution in [0.25, 0.3) is 10.8 Å². The van der Waals surface area contributed by atoms with Crippen molar-refractivity contribution in [2.24, 2.45) is 0 Å². The Balaban J connectivity index is 1.51. The number of likely N-dealkylation sites (tertiary alicyclic amines) is 1. The third kappa shape index (κ3) is 3.85. The molecule has 158 valence electrons. The highest BCUT2D eigenvalue weighted by Crippen LogP contribution is 2.31. The number of para-hydroxylation sites is 2. The molecule has 3 aromatic carbocycles. The number of nitrogens with zero attached hydrogens (tertiary/aromatic N) is 2. The molecule has 2 amide bonds. The molecule has 1 atom stereocenters. The molecular formula is C22H20N4O5. The van der Waals surface area contributed by atoms with Crippen LogP contribution >= 0.6 is 0 Å². The summed E-state index contributed by atoms with van der Waals surface area (Å²) in [5, 5.41) is 23.1. The van der Waals surface area contributed by atoms with Crippen molar-refractivity contribution in [1.82, 2.24) is 10.3 Å². The molecule has 1 saturated heterocycles. The van der Waals surface area contributed by atoms with Crippen molar-refractivity contribution in [3.05, 3.63) is 76.3 Å². The van der Waals surface area contributed by atoms with Crippen molar-refractivity contribution in [3.63, 3.8) is 0 Å². The van der Waals surface area contributed by atoms with E-state index in [-0.39, 0.29) is 22.7 Å². The molecule has 0 aliphatic carbocycles. The molecule has 1 fully saturated rings. The van der Waals surface area contributed by atoms with Crippen molar-refractivity contribution in [1.29, 1.82) is 0 Å². The van der Waals surface area contributed by atoms with Crippen LogP contribution in [0.3, 0.4) is 0 Å². The number of amides is 2. The van der Waals surface area contributed by atoms with E-state index in [1.54, 1.807) is 30.3 Å². The highest BCUT2D eigenvalue weighted by molar-refractivity contribution is 6.05. The molecule has 0 saturated carbocycles. The largest absolute Gasteiger partial charge is 0.506 e. The van der Waals surface area contributed by atoms with Crippen LogP contribution in [-0.4, -0.2) is 39.3 Å². The first-order valence-corrected chi connectivity index (χ1v) is 9.78. The van der Waals surface area contributed by atoms with Gasteiger partial charge in [0.25, 0.3) is 17.5 Å². The summed E-state index contributed by atoms with van der Waals surface area (Å²) >= 11 is 0. The number of hydrogen-bond acceptors (Lipinski definition) is 6. The van der Waals surface area contributed by atoms with Gasteiger partial charge in [0.1, 0.15) is 17.5 Å². The number of nitro groups is 1. The second-order valence-electron chi connectivity index (χ2n) is 7.23. The van der Waals surface area contributed by atoms with Crippen LogP contribution in [0.2, 0.25) is 0 Å². The zero-order valence-corrected chi connectivity index (χ0v) is 16.4. The summed E-state index contributed by atoms with van der Waals surface area (Å²) in [6, 6.07) is 15.7. The van der Waals surface area contributed by atoms with E-state index in [0.717, 1.165) is 5.39 Å². The predicted octanol–water partition coefficient (Wildman–Crippen LogP) is 3.20.